The van der Waals surface area contributed by atoms with E-state index in [0.717, 1.165) is 11.6 Å². The van der Waals surface area contributed by atoms with Gasteiger partial charge in [0.2, 0.25) is 5.91 Å². The van der Waals surface area contributed by atoms with Crippen LogP contribution in [-0.4, -0.2) is 47.8 Å². The number of benzene rings is 2. The molecule has 136 valence electrons. The SMILES string of the molecule is NC(=O)C(c1ccccc1)N1CCN(C(=O)c2ccc(F)cc2Cl)CC1. The average Bonchev–Trinajstić information content (AvgIpc) is 2.62. The number of primary amides is 1. The summed E-state index contributed by atoms with van der Waals surface area (Å²) in [5.41, 5.74) is 6.71. The molecule has 7 heteroatoms. The molecule has 1 heterocycles. The lowest BCUT2D eigenvalue weighted by atomic mass is 10.0. The van der Waals surface area contributed by atoms with E-state index < -0.39 is 17.8 Å². The van der Waals surface area contributed by atoms with Crippen LogP contribution < -0.4 is 5.73 Å². The van der Waals surface area contributed by atoms with Gasteiger partial charge in [-0.25, -0.2) is 4.39 Å². The molecule has 1 aliphatic heterocycles. The molecule has 5 nitrogen and oxygen atoms in total. The lowest BCUT2D eigenvalue weighted by molar-refractivity contribution is -0.124. The molecular weight excluding hydrogens is 357 g/mol. The molecule has 2 aromatic carbocycles. The molecule has 2 N–H and O–H groups in total. The lowest BCUT2D eigenvalue weighted by Gasteiger charge is -2.38. The molecule has 1 unspecified atom stereocenters. The van der Waals surface area contributed by atoms with E-state index in [1.54, 1.807) is 4.90 Å². The summed E-state index contributed by atoms with van der Waals surface area (Å²) in [5.74, 6) is -1.15. The van der Waals surface area contributed by atoms with Crippen molar-refractivity contribution in [2.75, 3.05) is 26.2 Å². The van der Waals surface area contributed by atoms with Crippen LogP contribution in [0, 0.1) is 5.82 Å². The van der Waals surface area contributed by atoms with Crippen LogP contribution >= 0.6 is 11.6 Å². The number of halogens is 2. The van der Waals surface area contributed by atoms with Gasteiger partial charge in [0.1, 0.15) is 11.9 Å². The molecule has 26 heavy (non-hydrogen) atoms. The van der Waals surface area contributed by atoms with Gasteiger partial charge in [-0.2, -0.15) is 0 Å². The maximum Gasteiger partial charge on any atom is 0.255 e. The van der Waals surface area contributed by atoms with Gasteiger partial charge in [-0.1, -0.05) is 41.9 Å². The number of amides is 2. The van der Waals surface area contributed by atoms with E-state index in [1.807, 2.05) is 35.2 Å². The normalized spacial score (nSPS) is 16.3. The van der Waals surface area contributed by atoms with Crippen LogP contribution in [0.15, 0.2) is 48.5 Å². The Labute approximate surface area is 156 Å². The number of hydrogen-bond acceptors (Lipinski definition) is 3. The van der Waals surface area contributed by atoms with Crippen LogP contribution in [-0.2, 0) is 4.79 Å². The second-order valence-corrected chi connectivity index (χ2v) is 6.58. The second kappa shape index (κ2) is 7.85. The number of carbonyl (C=O) groups excluding carboxylic acids is 2. The second-order valence-electron chi connectivity index (χ2n) is 6.17. The molecule has 1 atom stereocenters. The summed E-state index contributed by atoms with van der Waals surface area (Å²) < 4.78 is 13.2. The Morgan fingerprint density at radius 2 is 1.69 bits per heavy atom. The van der Waals surface area contributed by atoms with Gasteiger partial charge in [0, 0.05) is 26.2 Å². The standard InChI is InChI=1S/C19H19ClFN3O2/c20-16-12-14(21)6-7-15(16)19(26)24-10-8-23(9-11-24)17(18(22)25)13-4-2-1-3-5-13/h1-7,12,17H,8-11H2,(H2,22,25). The first-order valence-corrected chi connectivity index (χ1v) is 8.68. The molecule has 1 saturated heterocycles. The molecule has 2 amide bonds. The minimum absolute atomic E-state index is 0.0942. The summed E-state index contributed by atoms with van der Waals surface area (Å²) in [4.78, 5) is 28.2. The Morgan fingerprint density at radius 1 is 1.04 bits per heavy atom. The summed E-state index contributed by atoms with van der Waals surface area (Å²) >= 11 is 5.99. The Hall–Kier alpha value is -2.44. The minimum Gasteiger partial charge on any atom is -0.368 e. The molecular formula is C19H19ClFN3O2. The van der Waals surface area contributed by atoms with Gasteiger partial charge in [0.25, 0.3) is 5.91 Å². The topological polar surface area (TPSA) is 66.6 Å². The fourth-order valence-corrected chi connectivity index (χ4v) is 3.45. The highest BCUT2D eigenvalue weighted by molar-refractivity contribution is 6.33. The van der Waals surface area contributed by atoms with Crippen LogP contribution in [0.4, 0.5) is 4.39 Å². The number of piperazine rings is 1. The van der Waals surface area contributed by atoms with E-state index in [4.69, 9.17) is 17.3 Å². The molecule has 1 aliphatic rings. The highest BCUT2D eigenvalue weighted by Crippen LogP contribution is 2.24. The van der Waals surface area contributed by atoms with Crippen molar-refractivity contribution in [1.82, 2.24) is 9.80 Å². The molecule has 0 aliphatic carbocycles. The van der Waals surface area contributed by atoms with Crippen LogP contribution in [0.5, 0.6) is 0 Å². The van der Waals surface area contributed by atoms with E-state index in [0.29, 0.717) is 26.2 Å². The summed E-state index contributed by atoms with van der Waals surface area (Å²) in [6.07, 6.45) is 0. The summed E-state index contributed by atoms with van der Waals surface area (Å²) in [6.45, 7) is 1.88. The Kier molecular flexibility index (Phi) is 5.54. The minimum atomic E-state index is -0.525. The van der Waals surface area contributed by atoms with Crippen molar-refractivity contribution in [2.24, 2.45) is 5.73 Å². The van der Waals surface area contributed by atoms with Crippen LogP contribution in [0.25, 0.3) is 0 Å². The fraction of sp³-hybridized carbons (Fsp3) is 0.263. The first-order valence-electron chi connectivity index (χ1n) is 8.30. The third-order valence-corrected chi connectivity index (χ3v) is 4.83. The predicted octanol–water partition coefficient (Wildman–Crippen LogP) is 2.46. The predicted molar refractivity (Wildman–Crippen MR) is 97.3 cm³/mol. The largest absolute Gasteiger partial charge is 0.368 e. The Bertz CT molecular complexity index is 808. The van der Waals surface area contributed by atoms with Gasteiger partial charge in [-0.15, -0.1) is 0 Å². The van der Waals surface area contributed by atoms with Gasteiger partial charge in [0.05, 0.1) is 10.6 Å². The maximum absolute atomic E-state index is 13.2. The van der Waals surface area contributed by atoms with Crippen molar-refractivity contribution in [3.8, 4) is 0 Å². The first-order chi connectivity index (χ1) is 12.5. The van der Waals surface area contributed by atoms with Crippen molar-refractivity contribution in [1.29, 1.82) is 0 Å². The number of rotatable bonds is 4. The molecule has 0 bridgehead atoms. The molecule has 3 rings (SSSR count). The lowest BCUT2D eigenvalue weighted by Crippen LogP contribution is -2.51. The third kappa shape index (κ3) is 3.86. The van der Waals surface area contributed by atoms with E-state index in [-0.39, 0.29) is 16.5 Å². The van der Waals surface area contributed by atoms with Crippen LogP contribution in [0.2, 0.25) is 5.02 Å². The third-order valence-electron chi connectivity index (χ3n) is 4.51. The van der Waals surface area contributed by atoms with Crippen molar-refractivity contribution >= 4 is 23.4 Å². The Balaban J connectivity index is 1.70. The fourth-order valence-electron chi connectivity index (χ4n) is 3.21. The summed E-state index contributed by atoms with van der Waals surface area (Å²) in [7, 11) is 0. The van der Waals surface area contributed by atoms with Gasteiger partial charge in [-0.05, 0) is 23.8 Å². The summed E-state index contributed by atoms with van der Waals surface area (Å²) in [5, 5.41) is 0.0942. The Morgan fingerprint density at radius 3 is 2.27 bits per heavy atom. The van der Waals surface area contributed by atoms with Crippen molar-refractivity contribution in [3.05, 3.63) is 70.5 Å². The van der Waals surface area contributed by atoms with Gasteiger partial charge < -0.3 is 10.6 Å². The van der Waals surface area contributed by atoms with Crippen molar-refractivity contribution in [2.45, 2.75) is 6.04 Å². The number of hydrogen-bond donors (Lipinski definition) is 1. The van der Waals surface area contributed by atoms with E-state index in [1.165, 1.54) is 12.1 Å². The molecule has 2 aromatic rings. The number of nitrogens with zero attached hydrogens (tertiary/aromatic N) is 2. The van der Waals surface area contributed by atoms with Crippen LogP contribution in [0.3, 0.4) is 0 Å². The van der Waals surface area contributed by atoms with E-state index in [2.05, 4.69) is 0 Å². The summed E-state index contributed by atoms with van der Waals surface area (Å²) in [6, 6.07) is 12.5. The zero-order chi connectivity index (χ0) is 18.7. The smallest absolute Gasteiger partial charge is 0.255 e. The molecule has 0 saturated carbocycles. The zero-order valence-electron chi connectivity index (χ0n) is 14.1. The first kappa shape index (κ1) is 18.4. The van der Waals surface area contributed by atoms with Gasteiger partial charge in [-0.3, -0.25) is 14.5 Å². The van der Waals surface area contributed by atoms with E-state index >= 15 is 0 Å². The molecule has 1 fully saturated rings. The van der Waals surface area contributed by atoms with Crippen LogP contribution in [0.1, 0.15) is 22.0 Å². The van der Waals surface area contributed by atoms with E-state index in [9.17, 15) is 14.0 Å². The van der Waals surface area contributed by atoms with Gasteiger partial charge in [0.15, 0.2) is 0 Å². The number of nitrogens with two attached hydrogens (primary N) is 1. The number of carbonyl (C=O) groups is 2. The van der Waals surface area contributed by atoms with Gasteiger partial charge >= 0.3 is 0 Å². The quantitative estimate of drug-likeness (QED) is 0.892. The highest BCUT2D eigenvalue weighted by Gasteiger charge is 2.31. The average molecular weight is 376 g/mol. The molecule has 0 radical (unpaired) electrons. The molecule has 0 aromatic heterocycles. The van der Waals surface area contributed by atoms with Crippen molar-refractivity contribution in [3.63, 3.8) is 0 Å². The zero-order valence-corrected chi connectivity index (χ0v) is 14.8. The molecule has 0 spiro atoms. The highest BCUT2D eigenvalue weighted by atomic mass is 35.5. The maximum atomic E-state index is 13.2. The van der Waals surface area contributed by atoms with Crippen molar-refractivity contribution < 1.29 is 14.0 Å². The monoisotopic (exact) mass is 375 g/mol.